The molecular weight excluding hydrogens is 342 g/mol. The third kappa shape index (κ3) is 2.70. The number of aromatic nitrogens is 1. The van der Waals surface area contributed by atoms with Gasteiger partial charge in [-0.2, -0.15) is 0 Å². The van der Waals surface area contributed by atoms with Gasteiger partial charge in [-0.15, -0.1) is 12.4 Å². The lowest BCUT2D eigenvalue weighted by molar-refractivity contribution is 0.221. The fraction of sp³-hybridized carbons (Fsp3) is 0.364. The van der Waals surface area contributed by atoms with Crippen molar-refractivity contribution in [1.82, 2.24) is 9.47 Å². The van der Waals surface area contributed by atoms with E-state index in [1.54, 1.807) is 0 Å². The van der Waals surface area contributed by atoms with E-state index in [9.17, 15) is 0 Å². The smallest absolute Gasteiger partial charge is 0.0821 e. The number of halogens is 1. The topological polar surface area (TPSA) is 11.4 Å². The predicted molar refractivity (Wildman–Crippen MR) is 112 cm³/mol. The van der Waals surface area contributed by atoms with Crippen LogP contribution in [0, 0.1) is 0 Å². The van der Waals surface area contributed by atoms with E-state index in [-0.39, 0.29) is 12.4 Å². The number of rotatable bonds is 2. The minimum absolute atomic E-state index is 0. The van der Waals surface area contributed by atoms with Gasteiger partial charge in [-0.25, -0.2) is 0 Å². The van der Waals surface area contributed by atoms with Crippen LogP contribution >= 0.6 is 12.4 Å². The summed E-state index contributed by atoms with van der Waals surface area (Å²) in [5.74, 6) is 0. The second kappa shape index (κ2) is 6.98. The Hall–Kier alpha value is -1.97. The fourth-order valence-corrected chi connectivity index (χ4v) is 4.68. The molecule has 0 aliphatic carbocycles. The molecule has 0 amide bonds. The zero-order valence-corrected chi connectivity index (χ0v) is 16.1. The van der Waals surface area contributed by atoms with Gasteiger partial charge in [0.15, 0.2) is 0 Å². The summed E-state index contributed by atoms with van der Waals surface area (Å²) in [6.45, 7) is 7.86. The van der Waals surface area contributed by atoms with E-state index in [1.807, 2.05) is 0 Å². The van der Waals surface area contributed by atoms with Gasteiger partial charge in [0.2, 0.25) is 0 Å². The first-order valence-electron chi connectivity index (χ1n) is 9.50. The van der Waals surface area contributed by atoms with Crippen molar-refractivity contribution in [2.24, 2.45) is 0 Å². The minimum atomic E-state index is 0. The largest absolute Gasteiger partial charge is 0.360 e. The molecule has 1 atom stereocenters. The quantitative estimate of drug-likeness (QED) is 0.650. The average Bonchev–Trinajstić information content (AvgIpc) is 2.95. The number of hydrogen-bond donors (Lipinski definition) is 0. The summed E-state index contributed by atoms with van der Waals surface area (Å²) in [6, 6.07) is 20.7. The molecule has 1 unspecified atom stereocenters. The predicted octanol–water partition coefficient (Wildman–Crippen LogP) is 4.70. The maximum absolute atomic E-state index is 2.65. The SMILES string of the molecule is CCCN1CCN2c3ccccc3Cn3c(cc4ccccc43)C2C1.Cl. The highest BCUT2D eigenvalue weighted by atomic mass is 35.5. The number of nitrogens with zero attached hydrogens (tertiary/aromatic N) is 3. The van der Waals surface area contributed by atoms with Gasteiger partial charge in [0, 0.05) is 43.1 Å². The summed E-state index contributed by atoms with van der Waals surface area (Å²) >= 11 is 0. The molecule has 1 fully saturated rings. The molecule has 0 spiro atoms. The number of benzene rings is 2. The van der Waals surface area contributed by atoms with Crippen molar-refractivity contribution in [2.45, 2.75) is 25.9 Å². The van der Waals surface area contributed by atoms with Crippen LogP contribution in [0.25, 0.3) is 10.9 Å². The van der Waals surface area contributed by atoms with Gasteiger partial charge < -0.3 is 9.47 Å². The lowest BCUT2D eigenvalue weighted by atomic mass is 10.1. The Balaban J connectivity index is 0.00000168. The summed E-state index contributed by atoms with van der Waals surface area (Å²) in [6.07, 6.45) is 1.23. The van der Waals surface area contributed by atoms with Gasteiger partial charge in [-0.1, -0.05) is 43.3 Å². The molecule has 3 aromatic rings. The van der Waals surface area contributed by atoms with Crippen LogP contribution in [0.15, 0.2) is 54.6 Å². The van der Waals surface area contributed by atoms with Crippen molar-refractivity contribution in [3.05, 3.63) is 65.9 Å². The second-order valence-electron chi connectivity index (χ2n) is 7.35. The zero-order chi connectivity index (χ0) is 16.8. The summed E-state index contributed by atoms with van der Waals surface area (Å²) in [7, 11) is 0. The van der Waals surface area contributed by atoms with E-state index < -0.39 is 0 Å². The Kier molecular flexibility index (Phi) is 4.68. The lowest BCUT2D eigenvalue weighted by Gasteiger charge is -2.42. The molecular formula is C22H26ClN3. The summed E-state index contributed by atoms with van der Waals surface area (Å²) in [5, 5.41) is 1.37. The maximum atomic E-state index is 2.65. The van der Waals surface area contributed by atoms with Gasteiger partial charge in [0.05, 0.1) is 6.04 Å². The maximum Gasteiger partial charge on any atom is 0.0821 e. The number of fused-ring (bicyclic) bond motifs is 7. The molecule has 0 radical (unpaired) electrons. The molecule has 3 heterocycles. The van der Waals surface area contributed by atoms with Crippen molar-refractivity contribution in [2.75, 3.05) is 31.1 Å². The van der Waals surface area contributed by atoms with Gasteiger partial charge >= 0.3 is 0 Å². The molecule has 1 aromatic heterocycles. The van der Waals surface area contributed by atoms with E-state index in [0.29, 0.717) is 6.04 Å². The molecule has 0 bridgehead atoms. The Bertz CT molecular complexity index is 917. The Morgan fingerprint density at radius 3 is 2.69 bits per heavy atom. The monoisotopic (exact) mass is 367 g/mol. The lowest BCUT2D eigenvalue weighted by Crippen LogP contribution is -2.48. The van der Waals surface area contributed by atoms with E-state index in [2.05, 4.69) is 75.9 Å². The molecule has 5 rings (SSSR count). The Morgan fingerprint density at radius 1 is 1.00 bits per heavy atom. The van der Waals surface area contributed by atoms with Gasteiger partial charge in [-0.3, -0.25) is 4.90 Å². The number of para-hydroxylation sites is 2. The van der Waals surface area contributed by atoms with E-state index in [1.165, 1.54) is 47.4 Å². The van der Waals surface area contributed by atoms with Crippen LogP contribution in [-0.4, -0.2) is 35.6 Å². The van der Waals surface area contributed by atoms with Crippen LogP contribution in [0.1, 0.15) is 30.6 Å². The van der Waals surface area contributed by atoms with Crippen LogP contribution in [0.5, 0.6) is 0 Å². The van der Waals surface area contributed by atoms with Crippen molar-refractivity contribution < 1.29 is 0 Å². The standard InChI is InChI=1S/C22H25N3.ClH/c1-2-11-23-12-13-24-20-10-6-4-8-18(20)15-25-19-9-5-3-7-17(19)14-21(25)22(24)16-23;/h3-10,14,22H,2,11-13,15-16H2,1H3;1H. The highest BCUT2D eigenvalue weighted by Crippen LogP contribution is 2.39. The highest BCUT2D eigenvalue weighted by molar-refractivity contribution is 5.85. The van der Waals surface area contributed by atoms with Crippen LogP contribution in [0.3, 0.4) is 0 Å². The third-order valence-corrected chi connectivity index (χ3v) is 5.82. The van der Waals surface area contributed by atoms with Crippen molar-refractivity contribution in [3.63, 3.8) is 0 Å². The fourth-order valence-electron chi connectivity index (χ4n) is 4.68. The normalized spacial score (nSPS) is 19.3. The van der Waals surface area contributed by atoms with Crippen molar-refractivity contribution >= 4 is 29.0 Å². The first kappa shape index (κ1) is 17.4. The Labute approximate surface area is 161 Å². The molecule has 0 saturated carbocycles. The van der Waals surface area contributed by atoms with Gasteiger partial charge in [-0.05, 0) is 42.1 Å². The molecule has 136 valence electrons. The van der Waals surface area contributed by atoms with E-state index >= 15 is 0 Å². The van der Waals surface area contributed by atoms with E-state index in [0.717, 1.165) is 19.6 Å². The first-order chi connectivity index (χ1) is 12.3. The van der Waals surface area contributed by atoms with Crippen LogP contribution in [-0.2, 0) is 6.54 Å². The number of hydrogen-bond acceptors (Lipinski definition) is 2. The molecule has 2 aromatic carbocycles. The molecule has 0 N–H and O–H groups in total. The third-order valence-electron chi connectivity index (χ3n) is 5.82. The molecule has 26 heavy (non-hydrogen) atoms. The Morgan fingerprint density at radius 2 is 1.81 bits per heavy atom. The molecule has 1 saturated heterocycles. The number of piperazine rings is 1. The summed E-state index contributed by atoms with van der Waals surface area (Å²) in [5.41, 5.74) is 5.70. The summed E-state index contributed by atoms with van der Waals surface area (Å²) < 4.78 is 2.55. The van der Waals surface area contributed by atoms with Gasteiger partial charge in [0.1, 0.15) is 0 Å². The van der Waals surface area contributed by atoms with Crippen LogP contribution in [0.2, 0.25) is 0 Å². The molecule has 3 nitrogen and oxygen atoms in total. The molecule has 4 heteroatoms. The number of anilines is 1. The van der Waals surface area contributed by atoms with Gasteiger partial charge in [0.25, 0.3) is 0 Å². The first-order valence-corrected chi connectivity index (χ1v) is 9.50. The van der Waals surface area contributed by atoms with Crippen LogP contribution < -0.4 is 4.90 Å². The van der Waals surface area contributed by atoms with Crippen LogP contribution in [0.4, 0.5) is 5.69 Å². The van der Waals surface area contributed by atoms with Crippen molar-refractivity contribution in [3.8, 4) is 0 Å². The zero-order valence-electron chi connectivity index (χ0n) is 15.3. The highest BCUT2D eigenvalue weighted by Gasteiger charge is 2.34. The molecule has 2 aliphatic rings. The summed E-state index contributed by atoms with van der Waals surface area (Å²) in [4.78, 5) is 5.29. The van der Waals surface area contributed by atoms with Crippen molar-refractivity contribution in [1.29, 1.82) is 0 Å². The minimum Gasteiger partial charge on any atom is -0.360 e. The molecule has 2 aliphatic heterocycles. The van der Waals surface area contributed by atoms with E-state index in [4.69, 9.17) is 0 Å². The average molecular weight is 368 g/mol. The second-order valence-corrected chi connectivity index (χ2v) is 7.35.